The molecule has 0 fully saturated rings. The lowest BCUT2D eigenvalue weighted by Gasteiger charge is -2.31. The number of halogens is 1. The maximum absolute atomic E-state index is 12.5. The molecule has 3 nitrogen and oxygen atoms in total. The van der Waals surface area contributed by atoms with Gasteiger partial charge in [-0.2, -0.15) is 0 Å². The lowest BCUT2D eigenvalue weighted by atomic mass is 10.1. The lowest BCUT2D eigenvalue weighted by molar-refractivity contribution is -0.121. The third-order valence-corrected chi connectivity index (χ3v) is 5.72. The van der Waals surface area contributed by atoms with Gasteiger partial charge in [-0.15, -0.1) is 11.3 Å². The highest BCUT2D eigenvalue weighted by Crippen LogP contribution is 2.26. The number of nitrogens with one attached hydrogen (secondary N) is 1. The standard InChI is InChI=1S/C17H19ClN2OS/c1-11-14(18)4-3-5-15(11)19-17(21)12(2)20-8-6-16-13(10-20)7-9-22-16/h3-5,7,9,12H,6,8,10H2,1-2H3,(H,19,21)/t12-/m0/s1. The molecule has 0 spiro atoms. The van der Waals surface area contributed by atoms with E-state index in [1.54, 1.807) is 0 Å². The third-order valence-electron chi connectivity index (χ3n) is 4.29. The molecule has 1 aromatic carbocycles. The number of rotatable bonds is 3. The summed E-state index contributed by atoms with van der Waals surface area (Å²) in [5.41, 5.74) is 3.05. The second-order valence-corrected chi connectivity index (χ2v) is 7.07. The van der Waals surface area contributed by atoms with Gasteiger partial charge >= 0.3 is 0 Å². The van der Waals surface area contributed by atoms with Crippen LogP contribution < -0.4 is 5.32 Å². The zero-order chi connectivity index (χ0) is 15.7. The van der Waals surface area contributed by atoms with Crippen LogP contribution in [0.1, 0.15) is 22.9 Å². The minimum Gasteiger partial charge on any atom is -0.324 e. The van der Waals surface area contributed by atoms with Gasteiger partial charge in [-0.3, -0.25) is 9.69 Å². The van der Waals surface area contributed by atoms with Gasteiger partial charge in [-0.25, -0.2) is 0 Å². The number of amides is 1. The summed E-state index contributed by atoms with van der Waals surface area (Å²) in [5.74, 6) is 0.0176. The van der Waals surface area contributed by atoms with E-state index in [2.05, 4.69) is 21.7 Å². The van der Waals surface area contributed by atoms with Gasteiger partial charge in [0.05, 0.1) is 6.04 Å². The Morgan fingerprint density at radius 3 is 3.05 bits per heavy atom. The van der Waals surface area contributed by atoms with Gasteiger partial charge in [-0.1, -0.05) is 17.7 Å². The summed E-state index contributed by atoms with van der Waals surface area (Å²) >= 11 is 7.92. The van der Waals surface area contributed by atoms with Crippen LogP contribution in [0.4, 0.5) is 5.69 Å². The molecule has 3 rings (SSSR count). The molecule has 0 radical (unpaired) electrons. The summed E-state index contributed by atoms with van der Waals surface area (Å²) in [4.78, 5) is 16.2. The van der Waals surface area contributed by atoms with E-state index in [-0.39, 0.29) is 11.9 Å². The molecule has 0 bridgehead atoms. The lowest BCUT2D eigenvalue weighted by Crippen LogP contribution is -2.44. The predicted octanol–water partition coefficient (Wildman–Crippen LogP) is 4.10. The van der Waals surface area contributed by atoms with Crippen LogP contribution in [0, 0.1) is 6.92 Å². The first-order chi connectivity index (χ1) is 10.6. The summed E-state index contributed by atoms with van der Waals surface area (Å²) in [6.07, 6.45) is 1.03. The molecule has 5 heteroatoms. The number of carbonyl (C=O) groups is 1. The average Bonchev–Trinajstić information content (AvgIpc) is 2.98. The van der Waals surface area contributed by atoms with Crippen molar-refractivity contribution in [2.45, 2.75) is 32.9 Å². The normalized spacial score (nSPS) is 16.1. The van der Waals surface area contributed by atoms with Gasteiger partial charge in [-0.05, 0) is 55.0 Å². The predicted molar refractivity (Wildman–Crippen MR) is 92.7 cm³/mol. The van der Waals surface area contributed by atoms with E-state index >= 15 is 0 Å². The number of fused-ring (bicyclic) bond motifs is 1. The van der Waals surface area contributed by atoms with Crippen molar-refractivity contribution in [3.05, 3.63) is 50.7 Å². The molecule has 1 N–H and O–H groups in total. The summed E-state index contributed by atoms with van der Waals surface area (Å²) < 4.78 is 0. The topological polar surface area (TPSA) is 32.3 Å². The molecule has 1 aliphatic rings. The maximum Gasteiger partial charge on any atom is 0.241 e. The van der Waals surface area contributed by atoms with Crippen molar-refractivity contribution >= 4 is 34.5 Å². The SMILES string of the molecule is Cc1c(Cl)cccc1NC(=O)[C@H](C)N1CCc2sccc2C1. The minimum absolute atomic E-state index is 0.0176. The Balaban J connectivity index is 1.69. The van der Waals surface area contributed by atoms with Gasteiger partial charge < -0.3 is 5.32 Å². The molecule has 2 heterocycles. The zero-order valence-corrected chi connectivity index (χ0v) is 14.3. The Labute approximate surface area is 139 Å². The average molecular weight is 335 g/mol. The van der Waals surface area contributed by atoms with E-state index in [1.807, 2.05) is 43.4 Å². The second kappa shape index (κ2) is 6.41. The first-order valence-corrected chi connectivity index (χ1v) is 8.67. The van der Waals surface area contributed by atoms with Crippen molar-refractivity contribution in [2.24, 2.45) is 0 Å². The molecule has 1 atom stereocenters. The number of nitrogens with zero attached hydrogens (tertiary/aromatic N) is 1. The van der Waals surface area contributed by atoms with Crippen molar-refractivity contribution in [2.75, 3.05) is 11.9 Å². The van der Waals surface area contributed by atoms with Crippen LogP contribution in [-0.4, -0.2) is 23.4 Å². The quantitative estimate of drug-likeness (QED) is 0.916. The smallest absolute Gasteiger partial charge is 0.241 e. The molecule has 22 heavy (non-hydrogen) atoms. The van der Waals surface area contributed by atoms with Crippen molar-refractivity contribution in [1.29, 1.82) is 0 Å². The summed E-state index contributed by atoms with van der Waals surface area (Å²) in [7, 11) is 0. The molecular weight excluding hydrogens is 316 g/mol. The van der Waals surface area contributed by atoms with E-state index < -0.39 is 0 Å². The zero-order valence-electron chi connectivity index (χ0n) is 12.7. The first kappa shape index (κ1) is 15.5. The third kappa shape index (κ3) is 3.05. The van der Waals surface area contributed by atoms with Crippen LogP contribution in [0.5, 0.6) is 0 Å². The summed E-state index contributed by atoms with van der Waals surface area (Å²) in [5, 5.41) is 5.81. The van der Waals surface area contributed by atoms with Gasteiger partial charge in [0.1, 0.15) is 0 Å². The van der Waals surface area contributed by atoms with Crippen LogP contribution in [0.15, 0.2) is 29.6 Å². The molecule has 2 aromatic rings. The highest BCUT2D eigenvalue weighted by Gasteiger charge is 2.26. The van der Waals surface area contributed by atoms with E-state index in [0.29, 0.717) is 5.02 Å². The number of hydrogen-bond acceptors (Lipinski definition) is 3. The van der Waals surface area contributed by atoms with E-state index in [1.165, 1.54) is 10.4 Å². The fourth-order valence-electron chi connectivity index (χ4n) is 2.75. The minimum atomic E-state index is -0.161. The van der Waals surface area contributed by atoms with Crippen molar-refractivity contribution in [3.63, 3.8) is 0 Å². The number of hydrogen-bond donors (Lipinski definition) is 1. The Morgan fingerprint density at radius 2 is 2.23 bits per heavy atom. The molecule has 0 saturated carbocycles. The largest absolute Gasteiger partial charge is 0.324 e. The molecule has 116 valence electrons. The van der Waals surface area contributed by atoms with Crippen molar-refractivity contribution in [1.82, 2.24) is 4.90 Å². The van der Waals surface area contributed by atoms with Crippen LogP contribution >= 0.6 is 22.9 Å². The first-order valence-electron chi connectivity index (χ1n) is 7.41. The number of thiophene rings is 1. The molecule has 0 saturated heterocycles. The molecule has 1 aliphatic heterocycles. The van der Waals surface area contributed by atoms with Gasteiger partial charge in [0.15, 0.2) is 0 Å². The number of carbonyl (C=O) groups excluding carboxylic acids is 1. The molecule has 0 unspecified atom stereocenters. The Hall–Kier alpha value is -1.36. The second-order valence-electron chi connectivity index (χ2n) is 5.67. The van der Waals surface area contributed by atoms with Crippen LogP contribution in [0.3, 0.4) is 0 Å². The number of anilines is 1. The van der Waals surface area contributed by atoms with Crippen molar-refractivity contribution < 1.29 is 4.79 Å². The molecule has 0 aliphatic carbocycles. The maximum atomic E-state index is 12.5. The Morgan fingerprint density at radius 1 is 1.41 bits per heavy atom. The van der Waals surface area contributed by atoms with Crippen molar-refractivity contribution in [3.8, 4) is 0 Å². The molecule has 1 amide bonds. The molecular formula is C17H19ClN2OS. The molecule has 1 aromatic heterocycles. The van der Waals surface area contributed by atoms with Gasteiger partial charge in [0.25, 0.3) is 0 Å². The highest BCUT2D eigenvalue weighted by atomic mass is 35.5. The number of benzene rings is 1. The summed E-state index contributed by atoms with van der Waals surface area (Å²) in [6.45, 7) is 5.66. The fourth-order valence-corrected chi connectivity index (χ4v) is 3.81. The Bertz CT molecular complexity index is 698. The van der Waals surface area contributed by atoms with Crippen LogP contribution in [0.25, 0.3) is 0 Å². The highest BCUT2D eigenvalue weighted by molar-refractivity contribution is 7.10. The summed E-state index contributed by atoms with van der Waals surface area (Å²) in [6, 6.07) is 7.58. The fraction of sp³-hybridized carbons (Fsp3) is 0.353. The van der Waals surface area contributed by atoms with E-state index in [4.69, 9.17) is 11.6 Å². The van der Waals surface area contributed by atoms with E-state index in [9.17, 15) is 4.79 Å². The van der Waals surface area contributed by atoms with Crippen LogP contribution in [-0.2, 0) is 17.8 Å². The Kier molecular flexibility index (Phi) is 4.52. The van der Waals surface area contributed by atoms with E-state index in [0.717, 1.165) is 30.8 Å². The monoisotopic (exact) mass is 334 g/mol. The van der Waals surface area contributed by atoms with Gasteiger partial charge in [0, 0.05) is 28.7 Å². The van der Waals surface area contributed by atoms with Gasteiger partial charge in [0.2, 0.25) is 5.91 Å². The van der Waals surface area contributed by atoms with Crippen LogP contribution in [0.2, 0.25) is 5.02 Å².